The van der Waals surface area contributed by atoms with Crippen molar-refractivity contribution >= 4 is 40.4 Å². The van der Waals surface area contributed by atoms with E-state index in [1.165, 1.54) is 12.8 Å². The number of amides is 2. The van der Waals surface area contributed by atoms with Crippen LogP contribution in [0.5, 0.6) is 0 Å². The number of ether oxygens (including phenoxy) is 1. The molecule has 2 heterocycles. The van der Waals surface area contributed by atoms with Gasteiger partial charge in [0.25, 0.3) is 5.91 Å². The molecule has 0 aliphatic carbocycles. The number of carbonyl (C=O) groups is 2. The molecule has 1 aromatic heterocycles. The second-order valence-corrected chi connectivity index (χ2v) is 8.57. The lowest BCUT2D eigenvalue weighted by Gasteiger charge is -2.14. The van der Waals surface area contributed by atoms with Crippen LogP contribution in [0.2, 0.25) is 0 Å². The van der Waals surface area contributed by atoms with Crippen molar-refractivity contribution in [3.8, 4) is 10.4 Å². The second-order valence-electron chi connectivity index (χ2n) is 7.62. The summed E-state index contributed by atoms with van der Waals surface area (Å²) >= 11 is 1.62. The molecule has 0 unspecified atom stereocenters. The molecule has 0 bridgehead atoms. The first-order valence-corrected chi connectivity index (χ1v) is 11.5. The van der Waals surface area contributed by atoms with Crippen LogP contribution in [0.25, 0.3) is 10.4 Å². The van der Waals surface area contributed by atoms with Gasteiger partial charge in [-0.15, -0.1) is 11.3 Å². The van der Waals surface area contributed by atoms with Crippen LogP contribution < -0.4 is 16.4 Å². The predicted molar refractivity (Wildman–Crippen MR) is 129 cm³/mol. The largest absolute Gasteiger partial charge is 0.448 e. The van der Waals surface area contributed by atoms with Crippen LogP contribution in [0.4, 0.5) is 21.9 Å². The molecule has 8 heteroatoms. The molecule has 32 heavy (non-hydrogen) atoms. The SMILES string of the molecule is Nc1ccc(-c2cccs2)cc1NC(=O)c1ccc(NC(=O)OCCN2CCCC2)cc1. The maximum Gasteiger partial charge on any atom is 0.411 e. The van der Waals surface area contributed by atoms with Crippen molar-refractivity contribution in [2.75, 3.05) is 42.6 Å². The number of nitrogen functional groups attached to an aromatic ring is 1. The normalized spacial score (nSPS) is 13.6. The third-order valence-electron chi connectivity index (χ3n) is 5.34. The molecule has 0 atom stereocenters. The van der Waals surface area contributed by atoms with Crippen LogP contribution in [0.3, 0.4) is 0 Å². The number of likely N-dealkylation sites (tertiary alicyclic amines) is 1. The van der Waals surface area contributed by atoms with Gasteiger partial charge in [-0.3, -0.25) is 15.0 Å². The summed E-state index contributed by atoms with van der Waals surface area (Å²) in [5.74, 6) is -0.278. The second kappa shape index (κ2) is 10.3. The van der Waals surface area contributed by atoms with Gasteiger partial charge in [0.05, 0.1) is 11.4 Å². The molecule has 2 aromatic carbocycles. The fourth-order valence-electron chi connectivity index (χ4n) is 3.59. The van der Waals surface area contributed by atoms with Gasteiger partial charge in [-0.05, 0) is 79.3 Å². The number of nitrogens with two attached hydrogens (primary N) is 1. The van der Waals surface area contributed by atoms with E-state index < -0.39 is 6.09 Å². The molecule has 1 saturated heterocycles. The average molecular weight is 451 g/mol. The van der Waals surface area contributed by atoms with E-state index >= 15 is 0 Å². The molecule has 0 radical (unpaired) electrons. The summed E-state index contributed by atoms with van der Waals surface area (Å²) in [5.41, 5.74) is 9.12. The third-order valence-corrected chi connectivity index (χ3v) is 6.26. The van der Waals surface area contributed by atoms with Crippen LogP contribution >= 0.6 is 11.3 Å². The zero-order chi connectivity index (χ0) is 22.3. The van der Waals surface area contributed by atoms with Crippen molar-refractivity contribution in [3.63, 3.8) is 0 Å². The lowest BCUT2D eigenvalue weighted by molar-refractivity contribution is 0.102. The molecule has 0 spiro atoms. The summed E-state index contributed by atoms with van der Waals surface area (Å²) < 4.78 is 5.24. The molecule has 2 amide bonds. The van der Waals surface area contributed by atoms with E-state index in [2.05, 4.69) is 15.5 Å². The first-order chi connectivity index (χ1) is 15.6. The van der Waals surface area contributed by atoms with Gasteiger partial charge in [0.15, 0.2) is 0 Å². The Bertz CT molecular complexity index is 1060. The van der Waals surface area contributed by atoms with Gasteiger partial charge in [0.1, 0.15) is 6.61 Å². The van der Waals surface area contributed by atoms with Gasteiger partial charge >= 0.3 is 6.09 Å². The van der Waals surface area contributed by atoms with Crippen molar-refractivity contribution in [1.29, 1.82) is 0 Å². The number of anilines is 3. The molecule has 1 fully saturated rings. The molecule has 1 aliphatic rings. The standard InChI is InChI=1S/C24H26N4O3S/c25-20-10-7-18(22-4-3-15-32-22)16-21(20)27-23(29)17-5-8-19(9-6-17)26-24(30)31-14-13-28-11-1-2-12-28/h3-10,15-16H,1-2,11-14,25H2,(H,26,30)(H,27,29). The van der Waals surface area contributed by atoms with Crippen LogP contribution in [0.1, 0.15) is 23.2 Å². The van der Waals surface area contributed by atoms with E-state index in [4.69, 9.17) is 10.5 Å². The lowest BCUT2D eigenvalue weighted by Crippen LogP contribution is -2.26. The van der Waals surface area contributed by atoms with Crippen molar-refractivity contribution in [2.24, 2.45) is 0 Å². The zero-order valence-corrected chi connectivity index (χ0v) is 18.5. The minimum atomic E-state index is -0.500. The molecule has 0 saturated carbocycles. The molecule has 3 aromatic rings. The number of carbonyl (C=O) groups excluding carboxylic acids is 2. The van der Waals surface area contributed by atoms with E-state index in [0.717, 1.165) is 30.1 Å². The smallest absolute Gasteiger partial charge is 0.411 e. The predicted octanol–water partition coefficient (Wildman–Crippen LogP) is 4.89. The van der Waals surface area contributed by atoms with Gasteiger partial charge in [-0.2, -0.15) is 0 Å². The molecular formula is C24H26N4O3S. The average Bonchev–Trinajstić information content (AvgIpc) is 3.50. The number of nitrogens with one attached hydrogen (secondary N) is 2. The molecule has 166 valence electrons. The summed E-state index contributed by atoms with van der Waals surface area (Å²) in [7, 11) is 0. The highest BCUT2D eigenvalue weighted by molar-refractivity contribution is 7.13. The summed E-state index contributed by atoms with van der Waals surface area (Å²) in [4.78, 5) is 28.0. The Morgan fingerprint density at radius 2 is 1.81 bits per heavy atom. The van der Waals surface area contributed by atoms with Crippen LogP contribution in [0.15, 0.2) is 60.0 Å². The maximum atomic E-state index is 12.7. The maximum absolute atomic E-state index is 12.7. The topological polar surface area (TPSA) is 96.7 Å². The van der Waals surface area contributed by atoms with Gasteiger partial charge < -0.3 is 15.8 Å². The third kappa shape index (κ3) is 5.66. The number of hydrogen-bond donors (Lipinski definition) is 3. The van der Waals surface area contributed by atoms with E-state index in [1.807, 2.05) is 29.6 Å². The molecule has 4 N–H and O–H groups in total. The van der Waals surface area contributed by atoms with E-state index in [-0.39, 0.29) is 5.91 Å². The lowest BCUT2D eigenvalue weighted by atomic mass is 10.1. The molecule has 4 rings (SSSR count). The van der Waals surface area contributed by atoms with Crippen molar-refractivity contribution in [1.82, 2.24) is 4.90 Å². The number of benzene rings is 2. The first-order valence-electron chi connectivity index (χ1n) is 10.6. The van der Waals surface area contributed by atoms with Gasteiger partial charge in [0, 0.05) is 22.7 Å². The van der Waals surface area contributed by atoms with E-state index in [9.17, 15) is 9.59 Å². The van der Waals surface area contributed by atoms with Gasteiger partial charge in [0.2, 0.25) is 0 Å². The number of thiophene rings is 1. The Labute approximate surface area is 191 Å². The number of rotatable bonds is 7. The van der Waals surface area contributed by atoms with Gasteiger partial charge in [-0.1, -0.05) is 12.1 Å². The monoisotopic (exact) mass is 450 g/mol. The summed E-state index contributed by atoms with van der Waals surface area (Å²) in [5, 5.41) is 7.56. The number of nitrogens with zero attached hydrogens (tertiary/aromatic N) is 1. The minimum Gasteiger partial charge on any atom is -0.448 e. The quantitative estimate of drug-likeness (QED) is 0.445. The van der Waals surface area contributed by atoms with Crippen LogP contribution in [-0.4, -0.2) is 43.1 Å². The zero-order valence-electron chi connectivity index (χ0n) is 17.7. The Balaban J connectivity index is 1.31. The van der Waals surface area contributed by atoms with Crippen molar-refractivity contribution < 1.29 is 14.3 Å². The van der Waals surface area contributed by atoms with Crippen LogP contribution in [-0.2, 0) is 4.74 Å². The summed E-state index contributed by atoms with van der Waals surface area (Å²) in [6, 6.07) is 16.2. The fraction of sp³-hybridized carbons (Fsp3) is 0.250. The van der Waals surface area contributed by atoms with Crippen LogP contribution in [0, 0.1) is 0 Å². The first kappa shape index (κ1) is 21.9. The highest BCUT2D eigenvalue weighted by Gasteiger charge is 2.13. The van der Waals surface area contributed by atoms with E-state index in [1.54, 1.807) is 41.7 Å². The summed E-state index contributed by atoms with van der Waals surface area (Å²) in [6.07, 6.45) is 1.91. The fourth-order valence-corrected chi connectivity index (χ4v) is 4.31. The highest BCUT2D eigenvalue weighted by Crippen LogP contribution is 2.30. The Morgan fingerprint density at radius 1 is 1.03 bits per heavy atom. The Morgan fingerprint density at radius 3 is 2.53 bits per heavy atom. The van der Waals surface area contributed by atoms with Crippen molar-refractivity contribution in [3.05, 3.63) is 65.5 Å². The summed E-state index contributed by atoms with van der Waals surface area (Å²) in [6.45, 7) is 3.25. The molecule has 1 aliphatic heterocycles. The minimum absolute atomic E-state index is 0.278. The molecular weight excluding hydrogens is 424 g/mol. The molecule has 7 nitrogen and oxygen atoms in total. The number of hydrogen-bond acceptors (Lipinski definition) is 6. The van der Waals surface area contributed by atoms with E-state index in [0.29, 0.717) is 29.2 Å². The Kier molecular flexibility index (Phi) is 7.03. The van der Waals surface area contributed by atoms with Gasteiger partial charge in [-0.25, -0.2) is 4.79 Å². The van der Waals surface area contributed by atoms with Crippen molar-refractivity contribution in [2.45, 2.75) is 12.8 Å². The Hall–Kier alpha value is -3.36. The highest BCUT2D eigenvalue weighted by atomic mass is 32.1.